The second kappa shape index (κ2) is 20.1. The molecule has 1 aliphatic heterocycles. The molecule has 0 bridgehead atoms. The summed E-state index contributed by atoms with van der Waals surface area (Å²) in [7, 11) is -1.27. The van der Waals surface area contributed by atoms with Crippen molar-refractivity contribution in [3.05, 3.63) is 93.3 Å². The zero-order chi connectivity index (χ0) is 41.9. The normalized spacial score (nSPS) is 20.4. The zero-order valence-electron chi connectivity index (χ0n) is 35.6. The van der Waals surface area contributed by atoms with Crippen LogP contribution in [0, 0.1) is 6.92 Å². The summed E-state index contributed by atoms with van der Waals surface area (Å²) in [5, 5.41) is 8.37. The van der Waals surface area contributed by atoms with Crippen LogP contribution in [0.15, 0.2) is 81.4 Å². The third-order valence-electron chi connectivity index (χ3n) is 9.91. The van der Waals surface area contributed by atoms with Crippen molar-refractivity contribution in [2.75, 3.05) is 32.9 Å². The Morgan fingerprint density at radius 2 is 1.54 bits per heavy atom. The van der Waals surface area contributed by atoms with Gasteiger partial charge in [-0.05, 0) is 62.4 Å². The van der Waals surface area contributed by atoms with Gasteiger partial charge in [0.2, 0.25) is 5.96 Å². The second-order valence-electron chi connectivity index (χ2n) is 16.7. The van der Waals surface area contributed by atoms with E-state index in [-0.39, 0.29) is 24.2 Å². The van der Waals surface area contributed by atoms with E-state index in [1.807, 2.05) is 44.2 Å². The number of benzene rings is 2. The van der Waals surface area contributed by atoms with E-state index in [4.69, 9.17) is 23.4 Å². The lowest BCUT2D eigenvalue weighted by Gasteiger charge is -2.45. The highest BCUT2D eigenvalue weighted by atomic mass is 28.4. The molecule has 2 heterocycles. The van der Waals surface area contributed by atoms with Gasteiger partial charge in [-0.25, -0.2) is 9.59 Å². The van der Waals surface area contributed by atoms with Gasteiger partial charge in [0.05, 0.1) is 13.2 Å². The number of unbranched alkanes of at least 4 members (excludes halogenated alkanes) is 2. The first-order chi connectivity index (χ1) is 27.0. The lowest BCUT2D eigenvalue weighted by molar-refractivity contribution is -0.168. The Balaban J connectivity index is 1.99. The molecular formula is C42H64BN5O8Si. The molecule has 0 spiro atoms. The number of aromatic amines is 1. The van der Waals surface area contributed by atoms with Gasteiger partial charge in [-0.2, -0.15) is 0 Å². The molecular weight excluding hydrogens is 741 g/mol. The summed E-state index contributed by atoms with van der Waals surface area (Å²) in [6, 6.07) is 19.8. The lowest BCUT2D eigenvalue weighted by atomic mass is 9.94. The highest BCUT2D eigenvalue weighted by Crippen LogP contribution is 2.43. The smallest absolute Gasteiger partial charge is 0.437 e. The molecule has 1 unspecified atom stereocenters. The van der Waals surface area contributed by atoms with Crippen LogP contribution in [0.1, 0.15) is 92.9 Å². The van der Waals surface area contributed by atoms with Crippen LogP contribution in [0.4, 0.5) is 4.79 Å². The minimum Gasteiger partial charge on any atom is -0.442 e. The highest BCUT2D eigenvalue weighted by molar-refractivity contribution is 6.99. The minimum atomic E-state index is -3.15. The third-order valence-corrected chi connectivity index (χ3v) is 14.9. The fourth-order valence-electron chi connectivity index (χ4n) is 7.20. The van der Waals surface area contributed by atoms with E-state index in [1.165, 1.54) is 10.8 Å². The number of guanidine groups is 1. The van der Waals surface area contributed by atoms with Crippen molar-refractivity contribution in [2.45, 2.75) is 123 Å². The Bertz CT molecular complexity index is 1840. The third kappa shape index (κ3) is 11.3. The molecule has 0 aliphatic carbocycles. The number of carbonyl (C=O) groups excluding carboxylic acids is 1. The van der Waals surface area contributed by atoms with Crippen LogP contribution in [0.5, 0.6) is 0 Å². The van der Waals surface area contributed by atoms with Gasteiger partial charge in [0, 0.05) is 25.0 Å². The van der Waals surface area contributed by atoms with Gasteiger partial charge >= 0.3 is 11.8 Å². The molecule has 1 aliphatic rings. The van der Waals surface area contributed by atoms with Crippen LogP contribution in [0.3, 0.4) is 0 Å². The maximum Gasteiger partial charge on any atom is 0.437 e. The summed E-state index contributed by atoms with van der Waals surface area (Å²) in [5.74, 6) is 0.110. The van der Waals surface area contributed by atoms with Crippen LogP contribution in [0.2, 0.25) is 5.04 Å². The molecule has 13 nitrogen and oxygen atoms in total. The molecule has 57 heavy (non-hydrogen) atoms. The number of nitrogens with zero attached hydrogens (tertiary/aromatic N) is 2. The number of hydrogen-bond acceptors (Lipinski definition) is 8. The summed E-state index contributed by atoms with van der Waals surface area (Å²) in [6.45, 7) is 18.6. The van der Waals surface area contributed by atoms with Gasteiger partial charge in [-0.3, -0.25) is 14.3 Å². The Kier molecular flexibility index (Phi) is 16.1. The van der Waals surface area contributed by atoms with Gasteiger partial charge in [0.25, 0.3) is 13.9 Å². The summed E-state index contributed by atoms with van der Waals surface area (Å²) < 4.78 is 35.1. The Labute approximate surface area is 339 Å². The van der Waals surface area contributed by atoms with Crippen LogP contribution >= 0.6 is 0 Å². The van der Waals surface area contributed by atoms with Crippen molar-refractivity contribution in [1.82, 2.24) is 20.2 Å². The summed E-state index contributed by atoms with van der Waals surface area (Å²) in [5.41, 5.74) is -2.95. The van der Waals surface area contributed by atoms with Crippen LogP contribution < -0.4 is 32.3 Å². The predicted molar refractivity (Wildman–Crippen MR) is 230 cm³/mol. The summed E-state index contributed by atoms with van der Waals surface area (Å²) in [4.78, 5) is 46.3. The highest BCUT2D eigenvalue weighted by Gasteiger charge is 2.60. The van der Waals surface area contributed by atoms with Crippen LogP contribution in [-0.4, -0.2) is 94.0 Å². The first kappa shape index (κ1) is 45.7. The minimum absolute atomic E-state index is 0.0225. The number of rotatable bonds is 17. The fourth-order valence-corrected chi connectivity index (χ4v) is 11.8. The van der Waals surface area contributed by atoms with Gasteiger partial charge in [-0.15, -0.1) is 4.99 Å². The lowest BCUT2D eigenvalue weighted by Crippen LogP contribution is -2.68. The standard InChI is InChI=1S/C42H64BN5O8Si/c1-10-12-24-52-27-42(28-54-57(41(7,8)9,31-20-16-14-17-21-31)32-22-18-15-19-23-32)34(53-25-13-11-2)33(36(55-42)48-26-30(3)35(49)46-38(48)50)45-37(44-29-43)47-39(51)56-40(4,5)6/h14-23,26,33-34,36H,10-13,24-25,27-29,43H2,1-9H3,(H,46,49,50)(H2,44,45,47,51)/t33-,34?,36+,42-/m0/s1. The van der Waals surface area contributed by atoms with Gasteiger partial charge < -0.3 is 34.0 Å². The van der Waals surface area contributed by atoms with E-state index in [1.54, 1.807) is 27.7 Å². The molecule has 1 amide bonds. The quantitative estimate of drug-likeness (QED) is 0.0786. The number of ether oxygens (including phenoxy) is 4. The van der Waals surface area contributed by atoms with Crippen molar-refractivity contribution >= 4 is 38.6 Å². The largest absolute Gasteiger partial charge is 0.442 e. The van der Waals surface area contributed by atoms with Crippen LogP contribution in [0.25, 0.3) is 0 Å². The van der Waals surface area contributed by atoms with Crippen molar-refractivity contribution in [3.8, 4) is 0 Å². The number of aromatic nitrogens is 2. The molecule has 1 aromatic heterocycles. The number of aliphatic imine (C=N–C) groups is 1. The van der Waals surface area contributed by atoms with E-state index < -0.39 is 55.2 Å². The molecule has 3 N–H and O–H groups in total. The fraction of sp³-hybridized carbons (Fsp3) is 0.571. The molecule has 312 valence electrons. The monoisotopic (exact) mass is 805 g/mol. The maximum absolute atomic E-state index is 13.7. The Hall–Kier alpha value is -4.02. The molecule has 4 rings (SSSR count). The molecule has 2 aromatic carbocycles. The number of nitrogens with one attached hydrogen (secondary N) is 3. The molecule has 4 atom stereocenters. The number of aryl methyl sites for hydroxylation is 1. The van der Waals surface area contributed by atoms with E-state index in [2.05, 4.69) is 79.5 Å². The van der Waals surface area contributed by atoms with Crippen molar-refractivity contribution < 1.29 is 28.2 Å². The number of H-pyrrole nitrogens is 1. The molecule has 15 heteroatoms. The molecule has 0 radical (unpaired) electrons. The molecule has 1 fully saturated rings. The predicted octanol–water partition coefficient (Wildman–Crippen LogP) is 4.12. The molecule has 0 saturated carbocycles. The topological polar surface area (TPSA) is 154 Å². The van der Waals surface area contributed by atoms with Crippen molar-refractivity contribution in [1.29, 1.82) is 0 Å². The van der Waals surface area contributed by atoms with Gasteiger partial charge in [0.1, 0.15) is 31.2 Å². The van der Waals surface area contributed by atoms with E-state index in [9.17, 15) is 14.4 Å². The maximum atomic E-state index is 13.7. The van der Waals surface area contributed by atoms with E-state index in [0.717, 1.165) is 36.1 Å². The summed E-state index contributed by atoms with van der Waals surface area (Å²) in [6.07, 6.45) is 2.56. The average molecular weight is 806 g/mol. The SMILES string of the molecule is BCN/C(=N\C(=O)OC(C)(C)C)N[C@H]1C(OCCCC)[C@](COCCCC)(CO[Si](c2ccccc2)(c2ccccc2)C(C)(C)C)O[C@H]1n1cc(C)c(=O)[nH]c1=O. The summed E-state index contributed by atoms with van der Waals surface area (Å²) >= 11 is 0. The average Bonchev–Trinajstić information content (AvgIpc) is 3.43. The first-order valence-electron chi connectivity index (χ1n) is 20.3. The second-order valence-corrected chi connectivity index (χ2v) is 21.0. The number of carbonyl (C=O) groups is 1. The Morgan fingerprint density at radius 3 is 2.09 bits per heavy atom. The van der Waals surface area contributed by atoms with E-state index >= 15 is 0 Å². The van der Waals surface area contributed by atoms with Crippen LogP contribution in [-0.2, 0) is 23.4 Å². The zero-order valence-corrected chi connectivity index (χ0v) is 36.6. The van der Waals surface area contributed by atoms with E-state index in [0.29, 0.717) is 25.2 Å². The molecule has 1 saturated heterocycles. The van der Waals surface area contributed by atoms with Crippen molar-refractivity contribution in [3.63, 3.8) is 0 Å². The molecule has 3 aromatic rings. The van der Waals surface area contributed by atoms with Crippen molar-refractivity contribution in [2.24, 2.45) is 4.99 Å². The number of amides is 1. The van der Waals surface area contributed by atoms with Gasteiger partial charge in [0.15, 0.2) is 6.23 Å². The van der Waals surface area contributed by atoms with Gasteiger partial charge in [-0.1, -0.05) is 108 Å². The Morgan fingerprint density at radius 1 is 0.947 bits per heavy atom. The first-order valence-corrected chi connectivity index (χ1v) is 22.2. The number of hydrogen-bond donors (Lipinski definition) is 3.